The van der Waals surface area contributed by atoms with Crippen LogP contribution in [0.15, 0.2) is 58.7 Å². The average molecular weight is 399 g/mol. The van der Waals surface area contributed by atoms with E-state index in [4.69, 9.17) is 5.11 Å². The Kier molecular flexibility index (Phi) is 4.36. The number of aromatic amines is 1. The Bertz CT molecular complexity index is 1250. The highest BCUT2D eigenvalue weighted by molar-refractivity contribution is 7.12. The Morgan fingerprint density at radius 2 is 1.82 bits per heavy atom. The molecule has 28 heavy (non-hydrogen) atoms. The summed E-state index contributed by atoms with van der Waals surface area (Å²) in [7, 11) is 0. The molecule has 2 aromatic carbocycles. The van der Waals surface area contributed by atoms with Gasteiger partial charge in [-0.25, -0.2) is 18.6 Å². The number of halogens is 2. The molecule has 4 aromatic rings. The first-order valence-electron chi connectivity index (χ1n) is 8.01. The number of rotatable bonds is 4. The first kappa shape index (κ1) is 17.8. The van der Waals surface area contributed by atoms with E-state index in [9.17, 15) is 18.4 Å². The number of carboxylic acid groups (broad SMARTS) is 1. The molecule has 0 saturated heterocycles. The van der Waals surface area contributed by atoms with Crippen LogP contribution in [-0.2, 0) is 0 Å². The SMILES string of the molecule is O=C(O)c1csc(-n2[nH]c(-c3ccc(F)c(F)c3)c(-c3ccccc3)c2=O)n1. The molecule has 2 heterocycles. The summed E-state index contributed by atoms with van der Waals surface area (Å²) in [6.45, 7) is 0. The lowest BCUT2D eigenvalue weighted by Crippen LogP contribution is -2.15. The Labute approximate surface area is 160 Å². The predicted molar refractivity (Wildman–Crippen MR) is 99.8 cm³/mol. The number of benzene rings is 2. The number of hydrogen-bond donors (Lipinski definition) is 2. The number of aromatic nitrogens is 3. The van der Waals surface area contributed by atoms with Crippen LogP contribution in [0, 0.1) is 11.6 Å². The van der Waals surface area contributed by atoms with Crippen LogP contribution in [0.25, 0.3) is 27.5 Å². The van der Waals surface area contributed by atoms with Crippen molar-refractivity contribution in [2.24, 2.45) is 0 Å². The lowest BCUT2D eigenvalue weighted by molar-refractivity contribution is 0.0691. The number of hydrogen-bond acceptors (Lipinski definition) is 4. The fraction of sp³-hybridized carbons (Fsp3) is 0. The molecule has 0 bridgehead atoms. The van der Waals surface area contributed by atoms with Crippen molar-refractivity contribution in [3.8, 4) is 27.5 Å². The molecule has 2 N–H and O–H groups in total. The van der Waals surface area contributed by atoms with Gasteiger partial charge in [0.15, 0.2) is 17.3 Å². The number of thiazole rings is 1. The van der Waals surface area contributed by atoms with Gasteiger partial charge in [0.2, 0.25) is 5.13 Å². The minimum atomic E-state index is -1.22. The van der Waals surface area contributed by atoms with Crippen molar-refractivity contribution in [1.29, 1.82) is 0 Å². The van der Waals surface area contributed by atoms with E-state index in [0.29, 0.717) is 5.56 Å². The molecule has 0 saturated carbocycles. The quantitative estimate of drug-likeness (QED) is 0.544. The van der Waals surface area contributed by atoms with Gasteiger partial charge in [-0.1, -0.05) is 30.3 Å². The van der Waals surface area contributed by atoms with Gasteiger partial charge in [-0.15, -0.1) is 11.3 Å². The highest BCUT2D eigenvalue weighted by Crippen LogP contribution is 2.30. The van der Waals surface area contributed by atoms with Gasteiger partial charge in [-0.2, -0.15) is 4.68 Å². The largest absolute Gasteiger partial charge is 0.476 e. The number of nitrogens with zero attached hydrogens (tertiary/aromatic N) is 2. The third-order valence-electron chi connectivity index (χ3n) is 4.06. The molecule has 0 fully saturated rings. The summed E-state index contributed by atoms with van der Waals surface area (Å²) in [6.07, 6.45) is 0. The molecular weight excluding hydrogens is 388 g/mol. The molecule has 0 aliphatic heterocycles. The van der Waals surface area contributed by atoms with E-state index < -0.39 is 23.2 Å². The number of nitrogens with one attached hydrogen (secondary N) is 1. The van der Waals surface area contributed by atoms with Gasteiger partial charge in [-0.3, -0.25) is 9.89 Å². The topological polar surface area (TPSA) is 88.0 Å². The molecule has 0 radical (unpaired) electrons. The standard InChI is InChI=1S/C19H11F2N3O3S/c20-12-7-6-11(8-13(12)21)16-15(10-4-2-1-3-5-10)17(25)24(23-16)19-22-14(9-28-19)18(26)27/h1-9,23H,(H,26,27). The maximum absolute atomic E-state index is 13.8. The zero-order valence-corrected chi connectivity index (χ0v) is 14.8. The Balaban J connectivity index is 1.97. The first-order valence-corrected chi connectivity index (χ1v) is 8.88. The van der Waals surface area contributed by atoms with Crippen molar-refractivity contribution in [2.75, 3.05) is 0 Å². The van der Waals surface area contributed by atoms with Crippen LogP contribution in [0.3, 0.4) is 0 Å². The number of carbonyl (C=O) groups is 1. The minimum Gasteiger partial charge on any atom is -0.476 e. The van der Waals surface area contributed by atoms with Gasteiger partial charge in [0.25, 0.3) is 5.56 Å². The van der Waals surface area contributed by atoms with Gasteiger partial charge in [0.05, 0.1) is 11.3 Å². The van der Waals surface area contributed by atoms with Gasteiger partial charge >= 0.3 is 5.97 Å². The second-order valence-electron chi connectivity index (χ2n) is 5.82. The van der Waals surface area contributed by atoms with Crippen LogP contribution in [0.1, 0.15) is 10.5 Å². The van der Waals surface area contributed by atoms with Crippen molar-refractivity contribution in [1.82, 2.24) is 14.8 Å². The van der Waals surface area contributed by atoms with E-state index in [2.05, 4.69) is 10.1 Å². The Morgan fingerprint density at radius 3 is 2.46 bits per heavy atom. The van der Waals surface area contributed by atoms with Crippen LogP contribution >= 0.6 is 11.3 Å². The molecule has 0 aliphatic carbocycles. The Morgan fingerprint density at radius 1 is 1.07 bits per heavy atom. The first-order chi connectivity index (χ1) is 13.5. The highest BCUT2D eigenvalue weighted by atomic mass is 32.1. The van der Waals surface area contributed by atoms with Crippen LogP contribution in [0.2, 0.25) is 0 Å². The highest BCUT2D eigenvalue weighted by Gasteiger charge is 2.21. The summed E-state index contributed by atoms with van der Waals surface area (Å²) in [5.41, 5.74) is 0.649. The number of carboxylic acids is 1. The van der Waals surface area contributed by atoms with Crippen molar-refractivity contribution >= 4 is 17.3 Å². The van der Waals surface area contributed by atoms with Crippen LogP contribution in [-0.4, -0.2) is 25.8 Å². The van der Waals surface area contributed by atoms with E-state index in [1.165, 1.54) is 11.4 Å². The summed E-state index contributed by atoms with van der Waals surface area (Å²) in [6, 6.07) is 12.0. The van der Waals surface area contributed by atoms with E-state index in [1.807, 2.05) is 0 Å². The molecule has 0 aliphatic rings. The maximum Gasteiger partial charge on any atom is 0.355 e. The van der Waals surface area contributed by atoms with E-state index in [0.717, 1.165) is 28.2 Å². The predicted octanol–water partition coefficient (Wildman–Crippen LogP) is 3.93. The summed E-state index contributed by atoms with van der Waals surface area (Å²) in [5, 5.41) is 13.3. The smallest absolute Gasteiger partial charge is 0.355 e. The summed E-state index contributed by atoms with van der Waals surface area (Å²) in [5.74, 6) is -3.27. The summed E-state index contributed by atoms with van der Waals surface area (Å²) in [4.78, 5) is 28.1. The summed E-state index contributed by atoms with van der Waals surface area (Å²) >= 11 is 0.969. The molecule has 0 atom stereocenters. The summed E-state index contributed by atoms with van der Waals surface area (Å²) < 4.78 is 28.2. The Hall–Kier alpha value is -3.59. The third-order valence-corrected chi connectivity index (χ3v) is 4.89. The molecule has 4 rings (SSSR count). The lowest BCUT2D eigenvalue weighted by Gasteiger charge is -2.03. The minimum absolute atomic E-state index is 0.119. The van der Waals surface area contributed by atoms with Gasteiger partial charge in [0, 0.05) is 10.9 Å². The van der Waals surface area contributed by atoms with Crippen molar-refractivity contribution in [3.05, 3.63) is 81.6 Å². The van der Waals surface area contributed by atoms with Crippen molar-refractivity contribution < 1.29 is 18.7 Å². The molecule has 6 nitrogen and oxygen atoms in total. The molecular formula is C19H11F2N3O3S. The van der Waals surface area contributed by atoms with Crippen LogP contribution < -0.4 is 5.56 Å². The lowest BCUT2D eigenvalue weighted by atomic mass is 10.0. The van der Waals surface area contributed by atoms with Crippen molar-refractivity contribution in [3.63, 3.8) is 0 Å². The number of H-pyrrole nitrogens is 1. The monoisotopic (exact) mass is 399 g/mol. The number of aromatic carboxylic acids is 1. The van der Waals surface area contributed by atoms with Crippen LogP contribution in [0.4, 0.5) is 8.78 Å². The maximum atomic E-state index is 13.8. The van der Waals surface area contributed by atoms with Gasteiger partial charge in [-0.05, 0) is 23.8 Å². The second-order valence-corrected chi connectivity index (χ2v) is 6.65. The van der Waals surface area contributed by atoms with E-state index in [1.54, 1.807) is 30.3 Å². The molecule has 0 spiro atoms. The molecule has 2 aromatic heterocycles. The van der Waals surface area contributed by atoms with Gasteiger partial charge < -0.3 is 5.11 Å². The fourth-order valence-electron chi connectivity index (χ4n) is 2.77. The zero-order chi connectivity index (χ0) is 19.8. The van der Waals surface area contributed by atoms with E-state index in [-0.39, 0.29) is 27.6 Å². The van der Waals surface area contributed by atoms with E-state index >= 15 is 0 Å². The van der Waals surface area contributed by atoms with Crippen LogP contribution in [0.5, 0.6) is 0 Å². The fourth-order valence-corrected chi connectivity index (χ4v) is 3.53. The van der Waals surface area contributed by atoms with Gasteiger partial charge in [0.1, 0.15) is 0 Å². The van der Waals surface area contributed by atoms with Crippen molar-refractivity contribution in [2.45, 2.75) is 0 Å². The molecule has 140 valence electrons. The molecule has 0 unspecified atom stereocenters. The zero-order valence-electron chi connectivity index (χ0n) is 14.0. The second kappa shape index (κ2) is 6.86. The normalized spacial score (nSPS) is 10.9. The molecule has 0 amide bonds. The average Bonchev–Trinajstić information content (AvgIpc) is 3.29. The molecule has 9 heteroatoms. The third kappa shape index (κ3) is 3.01.